The molecule has 0 bridgehead atoms. The molecule has 0 amide bonds. The molecule has 2 aliphatic heterocycles. The van der Waals surface area contributed by atoms with Gasteiger partial charge in [-0.1, -0.05) is 26.0 Å². The molecule has 0 saturated carbocycles. The van der Waals surface area contributed by atoms with E-state index in [0.717, 1.165) is 58.4 Å². The van der Waals surface area contributed by atoms with E-state index in [-0.39, 0.29) is 0 Å². The second kappa shape index (κ2) is 8.92. The largest absolute Gasteiger partial charge is 0.370 e. The molecule has 2 aromatic carbocycles. The number of imidazole rings is 1. The second-order valence-electron chi connectivity index (χ2n) is 11.7. The number of aryl methyl sites for hydroxylation is 2. The molecular formula is C30H35N5O2S. The Kier molecular flexibility index (Phi) is 5.88. The first-order chi connectivity index (χ1) is 18.0. The number of nitrogens with zero attached hydrogens (tertiary/aromatic N) is 5. The van der Waals surface area contributed by atoms with E-state index in [2.05, 4.69) is 58.5 Å². The summed E-state index contributed by atoms with van der Waals surface area (Å²) in [5, 5.41) is 0. The van der Waals surface area contributed by atoms with Crippen molar-refractivity contribution >= 4 is 26.6 Å². The van der Waals surface area contributed by atoms with Crippen LogP contribution < -0.4 is 4.90 Å². The van der Waals surface area contributed by atoms with Crippen LogP contribution in [0.3, 0.4) is 0 Å². The van der Waals surface area contributed by atoms with E-state index < -0.39 is 9.84 Å². The number of hydrogen-bond acceptors (Lipinski definition) is 6. The van der Waals surface area contributed by atoms with Crippen molar-refractivity contribution in [1.29, 1.82) is 0 Å². The smallest absolute Gasteiger partial charge is 0.175 e. The summed E-state index contributed by atoms with van der Waals surface area (Å²) in [6, 6.07) is 17.7. The van der Waals surface area contributed by atoms with Crippen molar-refractivity contribution in [3.8, 4) is 22.6 Å². The van der Waals surface area contributed by atoms with E-state index in [9.17, 15) is 8.42 Å². The van der Waals surface area contributed by atoms with Gasteiger partial charge in [-0.15, -0.1) is 0 Å². The van der Waals surface area contributed by atoms with Gasteiger partial charge in [-0.05, 0) is 55.3 Å². The first-order valence-corrected chi connectivity index (χ1v) is 15.1. The van der Waals surface area contributed by atoms with Crippen LogP contribution in [0, 0.1) is 18.3 Å². The number of hydrogen-bond donors (Lipinski definition) is 0. The van der Waals surface area contributed by atoms with E-state index >= 15 is 0 Å². The molecule has 2 aliphatic rings. The maximum absolute atomic E-state index is 11.8. The highest BCUT2D eigenvalue weighted by molar-refractivity contribution is 7.90. The van der Waals surface area contributed by atoms with Crippen LogP contribution in [0.15, 0.2) is 59.5 Å². The topological polar surface area (TPSA) is 71.3 Å². The zero-order chi connectivity index (χ0) is 26.8. The summed E-state index contributed by atoms with van der Waals surface area (Å²) < 4.78 is 25.7. The molecule has 4 aromatic rings. The minimum atomic E-state index is -3.24. The molecule has 2 aromatic heterocycles. The van der Waals surface area contributed by atoms with Crippen molar-refractivity contribution in [2.24, 2.45) is 18.4 Å². The SMILES string of the molecule is Cc1nc(-c2ccc(N3CC4(CN(CC(C)C)C4)C3)cc2)cc2c1nc(-c1ccc(S(C)(=O)=O)cc1)n2C. The lowest BCUT2D eigenvalue weighted by atomic mass is 9.72. The fraction of sp³-hybridized carbons (Fsp3) is 0.400. The van der Waals surface area contributed by atoms with E-state index in [1.165, 1.54) is 31.6 Å². The molecule has 2 saturated heterocycles. The molecule has 0 radical (unpaired) electrons. The Balaban J connectivity index is 1.21. The van der Waals surface area contributed by atoms with Gasteiger partial charge in [0.25, 0.3) is 0 Å². The number of sulfone groups is 1. The fourth-order valence-electron chi connectivity index (χ4n) is 6.13. The highest BCUT2D eigenvalue weighted by Gasteiger charge is 2.51. The molecule has 1 spiro atoms. The number of likely N-dealkylation sites (tertiary alicyclic amines) is 1. The van der Waals surface area contributed by atoms with Gasteiger partial charge in [-0.2, -0.15) is 0 Å². The molecule has 0 N–H and O–H groups in total. The number of pyridine rings is 1. The first kappa shape index (κ1) is 25.1. The lowest BCUT2D eigenvalue weighted by Gasteiger charge is -2.61. The van der Waals surface area contributed by atoms with Crippen LogP contribution in [0.5, 0.6) is 0 Å². The van der Waals surface area contributed by atoms with Crippen LogP contribution in [0.1, 0.15) is 19.5 Å². The third-order valence-electron chi connectivity index (χ3n) is 7.91. The average Bonchev–Trinajstić information content (AvgIpc) is 3.16. The van der Waals surface area contributed by atoms with Crippen LogP contribution in [-0.2, 0) is 16.9 Å². The number of aromatic nitrogens is 3. The normalized spacial score (nSPS) is 17.3. The zero-order valence-corrected chi connectivity index (χ0v) is 23.6. The van der Waals surface area contributed by atoms with Gasteiger partial charge in [-0.25, -0.2) is 13.4 Å². The van der Waals surface area contributed by atoms with Gasteiger partial charge in [-0.3, -0.25) is 4.98 Å². The van der Waals surface area contributed by atoms with Crippen molar-refractivity contribution in [1.82, 2.24) is 19.4 Å². The highest BCUT2D eigenvalue weighted by atomic mass is 32.2. The molecule has 0 unspecified atom stereocenters. The van der Waals surface area contributed by atoms with Gasteiger partial charge in [0.1, 0.15) is 11.3 Å². The Labute approximate surface area is 225 Å². The minimum Gasteiger partial charge on any atom is -0.370 e. The Bertz CT molecular complexity index is 1610. The van der Waals surface area contributed by atoms with Crippen molar-refractivity contribution in [3.63, 3.8) is 0 Å². The van der Waals surface area contributed by atoms with Gasteiger partial charge >= 0.3 is 0 Å². The molecule has 198 valence electrons. The maximum atomic E-state index is 11.8. The van der Waals surface area contributed by atoms with E-state index in [1.807, 2.05) is 26.1 Å². The second-order valence-corrected chi connectivity index (χ2v) is 13.7. The summed E-state index contributed by atoms with van der Waals surface area (Å²) in [6.07, 6.45) is 1.22. The van der Waals surface area contributed by atoms with E-state index in [0.29, 0.717) is 10.3 Å². The van der Waals surface area contributed by atoms with Gasteiger partial charge in [0.05, 0.1) is 21.8 Å². The van der Waals surface area contributed by atoms with Crippen molar-refractivity contribution in [2.75, 3.05) is 43.9 Å². The lowest BCUT2D eigenvalue weighted by molar-refractivity contribution is -0.0279. The van der Waals surface area contributed by atoms with E-state index in [1.54, 1.807) is 12.1 Å². The molecule has 7 nitrogen and oxygen atoms in total. The summed E-state index contributed by atoms with van der Waals surface area (Å²) >= 11 is 0. The van der Waals surface area contributed by atoms with Gasteiger partial charge in [0.15, 0.2) is 9.84 Å². The Morgan fingerprint density at radius 1 is 0.921 bits per heavy atom. The minimum absolute atomic E-state index is 0.303. The maximum Gasteiger partial charge on any atom is 0.175 e. The fourth-order valence-corrected chi connectivity index (χ4v) is 6.76. The molecule has 4 heterocycles. The summed E-state index contributed by atoms with van der Waals surface area (Å²) in [6.45, 7) is 12.5. The quantitative estimate of drug-likeness (QED) is 0.358. The predicted molar refractivity (Wildman–Crippen MR) is 153 cm³/mol. The van der Waals surface area contributed by atoms with Crippen molar-refractivity contribution < 1.29 is 8.42 Å². The third kappa shape index (κ3) is 4.39. The van der Waals surface area contributed by atoms with E-state index in [4.69, 9.17) is 9.97 Å². The standard InChI is InChI=1S/C30H35N5O2S/c1-20(2)15-34-16-30(17-34)18-35(19-30)24-10-6-22(7-11-24)26-14-27-28(21(3)31-26)32-29(33(27)4)23-8-12-25(13-9-23)38(5,36)37/h6-14,20H,15-19H2,1-5H3. The number of fused-ring (bicyclic) bond motifs is 1. The van der Waals surface area contributed by atoms with Crippen molar-refractivity contribution in [3.05, 3.63) is 60.3 Å². The predicted octanol–water partition coefficient (Wildman–Crippen LogP) is 4.79. The molecule has 0 aliphatic carbocycles. The zero-order valence-electron chi connectivity index (χ0n) is 22.8. The van der Waals surface area contributed by atoms with Gasteiger partial charge in [0.2, 0.25) is 0 Å². The summed E-state index contributed by atoms with van der Waals surface area (Å²) in [5.41, 5.74) is 7.38. The van der Waals surface area contributed by atoms with Crippen LogP contribution in [0.25, 0.3) is 33.7 Å². The highest BCUT2D eigenvalue weighted by Crippen LogP contribution is 2.42. The monoisotopic (exact) mass is 529 g/mol. The molecular weight excluding hydrogens is 494 g/mol. The summed E-state index contributed by atoms with van der Waals surface area (Å²) in [4.78, 5) is 15.1. The van der Waals surface area contributed by atoms with Crippen LogP contribution >= 0.6 is 0 Å². The van der Waals surface area contributed by atoms with Gasteiger partial charge in [0, 0.05) is 68.3 Å². The molecule has 8 heteroatoms. The third-order valence-corrected chi connectivity index (χ3v) is 9.03. The average molecular weight is 530 g/mol. The Morgan fingerprint density at radius 3 is 2.16 bits per heavy atom. The van der Waals surface area contributed by atoms with Crippen LogP contribution in [-0.4, -0.2) is 66.8 Å². The molecule has 38 heavy (non-hydrogen) atoms. The van der Waals surface area contributed by atoms with Gasteiger partial charge < -0.3 is 14.4 Å². The first-order valence-electron chi connectivity index (χ1n) is 13.2. The number of benzene rings is 2. The molecule has 2 fully saturated rings. The summed E-state index contributed by atoms with van der Waals surface area (Å²) in [7, 11) is -1.25. The molecule has 6 rings (SSSR count). The summed E-state index contributed by atoms with van der Waals surface area (Å²) in [5.74, 6) is 1.52. The number of anilines is 1. The molecule has 0 atom stereocenters. The number of rotatable bonds is 6. The lowest BCUT2D eigenvalue weighted by Crippen LogP contribution is -2.72. The Morgan fingerprint density at radius 2 is 1.55 bits per heavy atom. The van der Waals surface area contributed by atoms with Crippen LogP contribution in [0.2, 0.25) is 0 Å². The van der Waals surface area contributed by atoms with Crippen LogP contribution in [0.4, 0.5) is 5.69 Å². The Hall–Kier alpha value is -3.23. The van der Waals surface area contributed by atoms with Crippen molar-refractivity contribution in [2.45, 2.75) is 25.7 Å².